The maximum atomic E-state index is 13.1. The number of aliphatic hydroxyl groups is 1. The number of hydrogen-bond donors (Lipinski definition) is 2. The number of aliphatic hydroxyl groups excluding tert-OH is 1. The number of amidine groups is 1. The van der Waals surface area contributed by atoms with Gasteiger partial charge in [0.2, 0.25) is 0 Å². The Kier molecular flexibility index (Phi) is 7.64. The van der Waals surface area contributed by atoms with E-state index in [9.17, 15) is 9.90 Å². The summed E-state index contributed by atoms with van der Waals surface area (Å²) in [6.07, 6.45) is 5.82. The number of aliphatic imine (C=N–C) groups is 1. The minimum atomic E-state index is -0.732. The molecule has 1 aliphatic carbocycles. The van der Waals surface area contributed by atoms with Gasteiger partial charge in [-0.15, -0.1) is 0 Å². The van der Waals surface area contributed by atoms with Gasteiger partial charge in [-0.25, -0.2) is 14.8 Å². The second kappa shape index (κ2) is 10.7. The monoisotopic (exact) mass is 496 g/mol. The van der Waals surface area contributed by atoms with Crippen LogP contribution in [-0.4, -0.2) is 38.9 Å². The highest BCUT2D eigenvalue weighted by atomic mass is 32.2. The number of hydrogen-bond acceptors (Lipinski definition) is 8. The zero-order valence-electron chi connectivity index (χ0n) is 20.4. The number of ether oxygens (including phenoxy) is 2. The van der Waals surface area contributed by atoms with Crippen molar-refractivity contribution in [2.45, 2.75) is 64.4 Å². The highest BCUT2D eigenvalue weighted by Crippen LogP contribution is 2.47. The molecule has 1 saturated carbocycles. The van der Waals surface area contributed by atoms with E-state index in [1.54, 1.807) is 7.11 Å². The van der Waals surface area contributed by atoms with Crippen molar-refractivity contribution in [3.63, 3.8) is 0 Å². The van der Waals surface area contributed by atoms with E-state index in [1.165, 1.54) is 0 Å². The van der Waals surface area contributed by atoms with Gasteiger partial charge in [0.15, 0.2) is 5.17 Å². The highest BCUT2D eigenvalue weighted by Gasteiger charge is 2.48. The van der Waals surface area contributed by atoms with Gasteiger partial charge in [-0.2, -0.15) is 4.99 Å². The van der Waals surface area contributed by atoms with Gasteiger partial charge in [0.25, 0.3) is 5.95 Å². The standard InChI is InChI=1S/C26H32N4O4S/c1-16-14-17(2)29-25(28-16)30-24(27)35-22-21(31)15-26(34-23(22)32,19-6-4-5-7-19)13-12-18-8-10-20(33-3)11-9-18/h8-11,14,19,31H,4-7,12-13,15H2,1-3H3,(H2,27,28,29,30). The molecule has 0 saturated heterocycles. The zero-order chi connectivity index (χ0) is 25.0. The Labute approximate surface area is 210 Å². The fraction of sp³-hybridized carbons (Fsp3) is 0.462. The van der Waals surface area contributed by atoms with Crippen LogP contribution in [0, 0.1) is 19.8 Å². The van der Waals surface area contributed by atoms with Crippen molar-refractivity contribution in [2.75, 3.05) is 7.11 Å². The van der Waals surface area contributed by atoms with E-state index >= 15 is 0 Å². The Hall–Kier alpha value is -3.07. The van der Waals surface area contributed by atoms with Crippen LogP contribution in [0.1, 0.15) is 55.5 Å². The molecule has 1 fully saturated rings. The molecule has 0 radical (unpaired) electrons. The Balaban J connectivity index is 1.54. The quantitative estimate of drug-likeness (QED) is 0.310. The minimum Gasteiger partial charge on any atom is -0.511 e. The van der Waals surface area contributed by atoms with Gasteiger partial charge in [-0.1, -0.05) is 25.0 Å². The van der Waals surface area contributed by atoms with E-state index in [-0.39, 0.29) is 34.1 Å². The van der Waals surface area contributed by atoms with Gasteiger partial charge in [-0.05, 0) is 81.0 Å². The van der Waals surface area contributed by atoms with Crippen LogP contribution in [0.25, 0.3) is 0 Å². The van der Waals surface area contributed by atoms with E-state index in [0.29, 0.717) is 6.42 Å². The van der Waals surface area contributed by atoms with Crippen LogP contribution in [0.5, 0.6) is 5.75 Å². The number of benzene rings is 1. The first-order chi connectivity index (χ1) is 16.8. The third-order valence-corrected chi connectivity index (χ3v) is 7.60. The molecular weight excluding hydrogens is 464 g/mol. The molecule has 1 aromatic heterocycles. The molecule has 2 heterocycles. The van der Waals surface area contributed by atoms with Gasteiger partial charge >= 0.3 is 5.97 Å². The molecule has 1 unspecified atom stereocenters. The van der Waals surface area contributed by atoms with Gasteiger partial charge in [0, 0.05) is 17.8 Å². The molecule has 0 amide bonds. The van der Waals surface area contributed by atoms with Crippen molar-refractivity contribution in [3.8, 4) is 5.75 Å². The normalized spacial score (nSPS) is 21.3. The van der Waals surface area contributed by atoms with Crippen molar-refractivity contribution < 1.29 is 19.4 Å². The first-order valence-corrected chi connectivity index (χ1v) is 12.7. The Morgan fingerprint density at radius 2 is 1.89 bits per heavy atom. The summed E-state index contributed by atoms with van der Waals surface area (Å²) in [5.74, 6) is 0.688. The largest absolute Gasteiger partial charge is 0.511 e. The Morgan fingerprint density at radius 3 is 2.49 bits per heavy atom. The topological polar surface area (TPSA) is 120 Å². The molecule has 0 spiro atoms. The average molecular weight is 497 g/mol. The molecular formula is C26H32N4O4S. The van der Waals surface area contributed by atoms with E-state index in [4.69, 9.17) is 15.2 Å². The van der Waals surface area contributed by atoms with Crippen LogP contribution < -0.4 is 10.5 Å². The summed E-state index contributed by atoms with van der Waals surface area (Å²) in [7, 11) is 1.64. The first kappa shape index (κ1) is 25.0. The number of aromatic nitrogens is 2. The number of methoxy groups -OCH3 is 1. The van der Waals surface area contributed by atoms with Crippen molar-refractivity contribution in [2.24, 2.45) is 16.6 Å². The van der Waals surface area contributed by atoms with Crippen molar-refractivity contribution in [1.29, 1.82) is 0 Å². The van der Waals surface area contributed by atoms with Crippen LogP contribution >= 0.6 is 11.8 Å². The van der Waals surface area contributed by atoms with Gasteiger partial charge in [0.05, 0.1) is 7.11 Å². The fourth-order valence-electron chi connectivity index (χ4n) is 5.00. The summed E-state index contributed by atoms with van der Waals surface area (Å²) in [5.41, 5.74) is 8.02. The van der Waals surface area contributed by atoms with E-state index < -0.39 is 11.6 Å². The molecule has 35 heavy (non-hydrogen) atoms. The molecule has 3 N–H and O–H groups in total. The fourth-order valence-corrected chi connectivity index (χ4v) is 5.66. The average Bonchev–Trinajstić information content (AvgIpc) is 3.36. The lowest BCUT2D eigenvalue weighted by molar-refractivity contribution is -0.166. The van der Waals surface area contributed by atoms with Crippen LogP contribution in [-0.2, 0) is 16.0 Å². The first-order valence-electron chi connectivity index (χ1n) is 11.9. The van der Waals surface area contributed by atoms with Crippen LogP contribution in [0.3, 0.4) is 0 Å². The van der Waals surface area contributed by atoms with Crippen molar-refractivity contribution in [1.82, 2.24) is 9.97 Å². The maximum absolute atomic E-state index is 13.1. The molecule has 4 rings (SSSR count). The summed E-state index contributed by atoms with van der Waals surface area (Å²) in [5, 5.41) is 11.1. The van der Waals surface area contributed by atoms with Crippen LogP contribution in [0.15, 0.2) is 46.0 Å². The smallest absolute Gasteiger partial charge is 0.349 e. The molecule has 1 aromatic carbocycles. The number of aryl methyl sites for hydroxylation is 3. The summed E-state index contributed by atoms with van der Waals surface area (Å²) >= 11 is 0.894. The lowest BCUT2D eigenvalue weighted by Crippen LogP contribution is -2.46. The molecule has 1 atom stereocenters. The van der Waals surface area contributed by atoms with E-state index in [2.05, 4.69) is 15.0 Å². The highest BCUT2D eigenvalue weighted by molar-refractivity contribution is 8.17. The number of carbonyl (C=O) groups is 1. The number of cyclic esters (lactones) is 1. The number of thioether (sulfide) groups is 1. The lowest BCUT2D eigenvalue weighted by Gasteiger charge is -2.41. The molecule has 8 nitrogen and oxygen atoms in total. The lowest BCUT2D eigenvalue weighted by atomic mass is 9.77. The summed E-state index contributed by atoms with van der Waals surface area (Å²) < 4.78 is 11.4. The molecule has 2 aromatic rings. The Morgan fingerprint density at radius 1 is 1.23 bits per heavy atom. The van der Waals surface area contributed by atoms with Crippen LogP contribution in [0.4, 0.5) is 5.95 Å². The van der Waals surface area contributed by atoms with Crippen molar-refractivity contribution >= 4 is 28.8 Å². The number of nitrogens with zero attached hydrogens (tertiary/aromatic N) is 3. The van der Waals surface area contributed by atoms with Gasteiger partial charge in [-0.3, -0.25) is 0 Å². The Bertz CT molecular complexity index is 1120. The number of rotatable bonds is 7. The summed E-state index contributed by atoms with van der Waals surface area (Å²) in [4.78, 5) is 25.9. The molecule has 0 bridgehead atoms. The minimum absolute atomic E-state index is 0.00683. The number of carbonyl (C=O) groups excluding carboxylic acids is 1. The predicted octanol–water partition coefficient (Wildman–Crippen LogP) is 5.06. The number of esters is 1. The van der Waals surface area contributed by atoms with E-state index in [1.807, 2.05) is 44.2 Å². The maximum Gasteiger partial charge on any atom is 0.349 e. The van der Waals surface area contributed by atoms with E-state index in [0.717, 1.165) is 66.6 Å². The molecule has 186 valence electrons. The van der Waals surface area contributed by atoms with Crippen LogP contribution in [0.2, 0.25) is 0 Å². The molecule has 1 aliphatic heterocycles. The van der Waals surface area contributed by atoms with Gasteiger partial charge < -0.3 is 20.3 Å². The molecule has 2 aliphatic rings. The second-order valence-electron chi connectivity index (χ2n) is 9.24. The second-order valence-corrected chi connectivity index (χ2v) is 10.3. The summed E-state index contributed by atoms with van der Waals surface area (Å²) in [6.45, 7) is 3.69. The summed E-state index contributed by atoms with van der Waals surface area (Å²) in [6, 6.07) is 9.74. The third kappa shape index (κ3) is 5.96. The number of nitrogens with two attached hydrogens (primary N) is 1. The third-order valence-electron chi connectivity index (χ3n) is 6.69. The zero-order valence-corrected chi connectivity index (χ0v) is 21.2. The predicted molar refractivity (Wildman–Crippen MR) is 137 cm³/mol. The van der Waals surface area contributed by atoms with Gasteiger partial charge in [0.1, 0.15) is 22.0 Å². The molecule has 9 heteroatoms. The van der Waals surface area contributed by atoms with Crippen molar-refractivity contribution in [3.05, 3.63) is 57.9 Å². The SMILES string of the molecule is COc1ccc(CCC2(C3CCCC3)CC(O)=C(S/C(N)=N/c3nc(C)cc(C)n3)C(=O)O2)cc1.